The van der Waals surface area contributed by atoms with Crippen molar-refractivity contribution in [3.05, 3.63) is 59.4 Å². The van der Waals surface area contributed by atoms with Crippen LogP contribution in [0.15, 0.2) is 53.4 Å². The number of amides is 1. The molecule has 0 unspecified atom stereocenters. The average molecular weight is 438 g/mol. The Kier molecular flexibility index (Phi) is 5.50. The number of rotatable bonds is 4. The van der Waals surface area contributed by atoms with Crippen molar-refractivity contribution in [1.82, 2.24) is 9.21 Å². The molecule has 6 nitrogen and oxygen atoms in total. The van der Waals surface area contributed by atoms with Gasteiger partial charge in [-0.3, -0.25) is 4.79 Å². The van der Waals surface area contributed by atoms with Gasteiger partial charge in [-0.25, -0.2) is 12.8 Å². The fraction of sp³-hybridized carbons (Fsp3) is 0.350. The van der Waals surface area contributed by atoms with E-state index < -0.39 is 26.7 Å². The number of sulfonamides is 1. The first-order valence-corrected chi connectivity index (χ1v) is 11.2. The van der Waals surface area contributed by atoms with E-state index in [-0.39, 0.29) is 24.0 Å². The molecule has 0 atom stereocenters. The zero-order chi connectivity index (χ0) is 20.6. The van der Waals surface area contributed by atoms with Crippen LogP contribution < -0.4 is 4.90 Å². The summed E-state index contributed by atoms with van der Waals surface area (Å²) in [7, 11) is -4.00. The lowest BCUT2D eigenvalue weighted by Crippen LogP contribution is -2.59. The lowest BCUT2D eigenvalue weighted by molar-refractivity contribution is -0.139. The molecule has 2 aromatic carbocycles. The smallest absolute Gasteiger partial charge is 0.246 e. The Morgan fingerprint density at radius 1 is 0.966 bits per heavy atom. The van der Waals surface area contributed by atoms with Crippen molar-refractivity contribution >= 4 is 33.2 Å². The number of carbonyl (C=O) groups is 1. The maximum Gasteiger partial charge on any atom is 0.246 e. The molecule has 2 saturated heterocycles. The molecule has 0 spiro atoms. The van der Waals surface area contributed by atoms with Gasteiger partial charge in [0.05, 0.1) is 10.9 Å². The molecule has 2 aliphatic heterocycles. The van der Waals surface area contributed by atoms with Crippen LogP contribution in [0.5, 0.6) is 0 Å². The van der Waals surface area contributed by atoms with Gasteiger partial charge >= 0.3 is 0 Å². The summed E-state index contributed by atoms with van der Waals surface area (Å²) in [6.45, 7) is 2.79. The minimum absolute atomic E-state index is 0.0456. The monoisotopic (exact) mass is 437 g/mol. The molecule has 29 heavy (non-hydrogen) atoms. The molecular formula is C20H21ClFN3O3S. The predicted molar refractivity (Wildman–Crippen MR) is 109 cm³/mol. The van der Waals surface area contributed by atoms with Crippen LogP contribution in [0.2, 0.25) is 5.02 Å². The number of piperazine rings is 1. The van der Waals surface area contributed by atoms with E-state index in [0.29, 0.717) is 13.1 Å². The number of hydrogen-bond acceptors (Lipinski definition) is 4. The molecule has 2 heterocycles. The zero-order valence-corrected chi connectivity index (χ0v) is 17.2. The highest BCUT2D eigenvalue weighted by Crippen LogP contribution is 2.30. The molecule has 0 N–H and O–H groups in total. The summed E-state index contributed by atoms with van der Waals surface area (Å²) < 4.78 is 40.5. The first-order chi connectivity index (χ1) is 13.9. The number of para-hydroxylation sites is 1. The highest BCUT2D eigenvalue weighted by molar-refractivity contribution is 7.89. The van der Waals surface area contributed by atoms with Crippen molar-refractivity contribution in [2.45, 2.75) is 4.90 Å². The van der Waals surface area contributed by atoms with Crippen LogP contribution in [0.1, 0.15) is 0 Å². The molecule has 1 amide bonds. The average Bonchev–Trinajstić information content (AvgIpc) is 2.69. The van der Waals surface area contributed by atoms with Crippen molar-refractivity contribution in [1.29, 1.82) is 0 Å². The molecule has 154 valence electrons. The highest BCUT2D eigenvalue weighted by Gasteiger charge is 2.43. The molecule has 0 saturated carbocycles. The Morgan fingerprint density at radius 2 is 1.62 bits per heavy atom. The molecule has 0 bridgehead atoms. The molecule has 0 radical (unpaired) electrons. The quantitative estimate of drug-likeness (QED) is 0.737. The minimum Gasteiger partial charge on any atom is -0.368 e. The van der Waals surface area contributed by atoms with E-state index in [2.05, 4.69) is 4.90 Å². The third-order valence-corrected chi connectivity index (χ3v) is 7.58. The molecule has 9 heteroatoms. The van der Waals surface area contributed by atoms with Gasteiger partial charge in [0.15, 0.2) is 5.82 Å². The van der Waals surface area contributed by atoms with Gasteiger partial charge in [-0.2, -0.15) is 4.31 Å². The molecular weight excluding hydrogens is 417 g/mol. The van der Waals surface area contributed by atoms with Crippen LogP contribution in [0.25, 0.3) is 0 Å². The number of anilines is 1. The topological polar surface area (TPSA) is 60.9 Å². The van der Waals surface area contributed by atoms with E-state index in [1.165, 1.54) is 18.2 Å². The van der Waals surface area contributed by atoms with Crippen molar-refractivity contribution < 1.29 is 17.6 Å². The summed E-state index contributed by atoms with van der Waals surface area (Å²) in [5, 5.41) is -0.240. The van der Waals surface area contributed by atoms with Crippen LogP contribution in [0.4, 0.5) is 10.1 Å². The second kappa shape index (κ2) is 7.93. The molecule has 2 fully saturated rings. The minimum atomic E-state index is -4.00. The van der Waals surface area contributed by atoms with Crippen molar-refractivity contribution in [3.63, 3.8) is 0 Å². The number of benzene rings is 2. The third-order valence-electron chi connectivity index (χ3n) is 5.44. The van der Waals surface area contributed by atoms with E-state index in [1.807, 2.05) is 30.3 Å². The number of nitrogens with zero attached hydrogens (tertiary/aromatic N) is 3. The van der Waals surface area contributed by atoms with Crippen LogP contribution in [-0.2, 0) is 14.8 Å². The summed E-state index contributed by atoms with van der Waals surface area (Å²) in [4.78, 5) is 16.3. The van der Waals surface area contributed by atoms with Gasteiger partial charge in [0.2, 0.25) is 15.9 Å². The molecule has 0 aromatic heterocycles. The maximum atomic E-state index is 14.1. The van der Waals surface area contributed by atoms with Crippen LogP contribution in [0, 0.1) is 11.7 Å². The normalized spacial score (nSPS) is 18.6. The number of carbonyl (C=O) groups excluding carboxylic acids is 1. The second-order valence-corrected chi connectivity index (χ2v) is 9.53. The van der Waals surface area contributed by atoms with Gasteiger partial charge in [-0.1, -0.05) is 35.9 Å². The van der Waals surface area contributed by atoms with E-state index >= 15 is 0 Å². The zero-order valence-electron chi connectivity index (χ0n) is 15.7. The SMILES string of the molecule is O=C(C1CN(S(=O)(=O)c2cccc(Cl)c2F)C1)N1CCN(c2ccccc2)CC1. The van der Waals surface area contributed by atoms with E-state index in [9.17, 15) is 17.6 Å². The lowest BCUT2D eigenvalue weighted by Gasteiger charge is -2.42. The van der Waals surface area contributed by atoms with Gasteiger partial charge in [0.25, 0.3) is 0 Å². The first-order valence-electron chi connectivity index (χ1n) is 9.41. The van der Waals surface area contributed by atoms with Crippen molar-refractivity contribution in [2.75, 3.05) is 44.2 Å². The molecule has 0 aliphatic carbocycles. The van der Waals surface area contributed by atoms with E-state index in [4.69, 9.17) is 11.6 Å². The van der Waals surface area contributed by atoms with Crippen molar-refractivity contribution in [3.8, 4) is 0 Å². The Bertz CT molecular complexity index is 1000. The van der Waals surface area contributed by atoms with E-state index in [0.717, 1.165) is 23.1 Å². The Balaban J connectivity index is 1.34. The van der Waals surface area contributed by atoms with Gasteiger partial charge in [0.1, 0.15) is 4.90 Å². The number of hydrogen-bond donors (Lipinski definition) is 0. The van der Waals surface area contributed by atoms with Crippen LogP contribution >= 0.6 is 11.6 Å². The number of halogens is 2. The fourth-order valence-corrected chi connectivity index (χ4v) is 5.54. The highest BCUT2D eigenvalue weighted by atomic mass is 35.5. The van der Waals surface area contributed by atoms with Gasteiger partial charge < -0.3 is 9.80 Å². The summed E-state index contributed by atoms with van der Waals surface area (Å²) in [6.07, 6.45) is 0. The van der Waals surface area contributed by atoms with E-state index in [1.54, 1.807) is 4.90 Å². The standard InChI is InChI=1S/C20H21ClFN3O3S/c21-17-7-4-8-18(19(17)22)29(27,28)25-13-15(14-25)20(26)24-11-9-23(10-12-24)16-5-2-1-3-6-16/h1-8,15H,9-14H2. The summed E-state index contributed by atoms with van der Waals surface area (Å²) in [5.41, 5.74) is 1.13. The second-order valence-electron chi connectivity index (χ2n) is 7.22. The Hall–Kier alpha value is -2.16. The summed E-state index contributed by atoms with van der Waals surface area (Å²) >= 11 is 5.70. The maximum absolute atomic E-state index is 14.1. The predicted octanol–water partition coefficient (Wildman–Crippen LogP) is 2.45. The van der Waals surface area contributed by atoms with Crippen LogP contribution in [-0.4, -0.2) is 62.8 Å². The Morgan fingerprint density at radius 3 is 2.28 bits per heavy atom. The Labute approximate surface area is 174 Å². The first kappa shape index (κ1) is 20.1. The molecule has 4 rings (SSSR count). The van der Waals surface area contributed by atoms with Gasteiger partial charge in [0, 0.05) is 45.0 Å². The van der Waals surface area contributed by atoms with Gasteiger partial charge in [-0.05, 0) is 24.3 Å². The largest absolute Gasteiger partial charge is 0.368 e. The third kappa shape index (κ3) is 3.84. The summed E-state index contributed by atoms with van der Waals surface area (Å²) in [5.74, 6) is -1.40. The fourth-order valence-electron chi connectivity index (χ4n) is 3.69. The summed E-state index contributed by atoms with van der Waals surface area (Å²) in [6, 6.07) is 13.9. The molecule has 2 aromatic rings. The van der Waals surface area contributed by atoms with Crippen LogP contribution in [0.3, 0.4) is 0 Å². The molecule has 2 aliphatic rings. The lowest BCUT2D eigenvalue weighted by atomic mass is 10.0. The van der Waals surface area contributed by atoms with Gasteiger partial charge in [-0.15, -0.1) is 0 Å². The van der Waals surface area contributed by atoms with Crippen molar-refractivity contribution in [2.24, 2.45) is 5.92 Å².